The minimum atomic E-state index is -1.26. The van der Waals surface area contributed by atoms with Crippen LogP contribution in [-0.4, -0.2) is 58.6 Å². The lowest BCUT2D eigenvalue weighted by atomic mass is 10.0. The molecule has 11 heteroatoms. The maximum Gasteiger partial charge on any atom is 0.326 e. The second-order valence-electron chi connectivity index (χ2n) is 6.89. The van der Waals surface area contributed by atoms with Gasteiger partial charge < -0.3 is 38.0 Å². The van der Waals surface area contributed by atoms with E-state index in [4.69, 9.17) is 17.2 Å². The van der Waals surface area contributed by atoms with Crippen molar-refractivity contribution < 1.29 is 29.4 Å². The summed E-state index contributed by atoms with van der Waals surface area (Å²) >= 11 is 0. The Hall–Kier alpha value is -3.18. The zero-order valence-corrected chi connectivity index (χ0v) is 16.5. The number of unbranched alkanes of at least 4 members (excludes halogenated alkanes) is 1. The topological polar surface area (TPSA) is 211 Å². The van der Waals surface area contributed by atoms with Gasteiger partial charge in [-0.25, -0.2) is 4.79 Å². The van der Waals surface area contributed by atoms with Gasteiger partial charge in [0.25, 0.3) is 0 Å². The Labute approximate surface area is 174 Å². The fourth-order valence-electron chi connectivity index (χ4n) is 2.69. The summed E-state index contributed by atoms with van der Waals surface area (Å²) in [4.78, 5) is 47.4. The van der Waals surface area contributed by atoms with Crippen LogP contribution in [0, 0.1) is 0 Å². The summed E-state index contributed by atoms with van der Waals surface area (Å²) in [5.41, 5.74) is 16.7. The molecule has 0 fully saturated rings. The highest BCUT2D eigenvalue weighted by Crippen LogP contribution is 2.12. The number of primary amides is 1. The SMILES string of the molecule is NCCCC[C@H](NC(=O)[C@@H](N)CC(N)=O)C(=O)N[C@@H](Cc1ccc(O)cc1)C(=O)O. The number of benzene rings is 1. The first-order chi connectivity index (χ1) is 14.1. The van der Waals surface area contributed by atoms with Gasteiger partial charge in [-0.1, -0.05) is 12.1 Å². The molecule has 0 aliphatic carbocycles. The molecule has 0 spiro atoms. The van der Waals surface area contributed by atoms with Gasteiger partial charge in [0.1, 0.15) is 17.8 Å². The Balaban J connectivity index is 2.85. The largest absolute Gasteiger partial charge is 0.508 e. The van der Waals surface area contributed by atoms with Crippen LogP contribution >= 0.6 is 0 Å². The molecule has 0 heterocycles. The maximum atomic E-state index is 12.7. The number of phenolic OH excluding ortho intramolecular Hbond substituents is 1. The zero-order chi connectivity index (χ0) is 22.7. The molecule has 1 rings (SSSR count). The Kier molecular flexibility index (Phi) is 10.3. The number of hydrogen-bond donors (Lipinski definition) is 7. The molecule has 166 valence electrons. The van der Waals surface area contributed by atoms with Gasteiger partial charge in [-0.05, 0) is 43.5 Å². The third kappa shape index (κ3) is 8.88. The van der Waals surface area contributed by atoms with Crippen molar-refractivity contribution in [1.29, 1.82) is 0 Å². The van der Waals surface area contributed by atoms with Gasteiger partial charge in [-0.3, -0.25) is 14.4 Å². The number of aliphatic carboxylic acids is 1. The molecule has 30 heavy (non-hydrogen) atoms. The highest BCUT2D eigenvalue weighted by molar-refractivity contribution is 5.93. The summed E-state index contributed by atoms with van der Waals surface area (Å²) in [6.45, 7) is 0.391. The third-order valence-corrected chi connectivity index (χ3v) is 4.33. The van der Waals surface area contributed by atoms with Crippen molar-refractivity contribution in [3.05, 3.63) is 29.8 Å². The van der Waals surface area contributed by atoms with E-state index in [2.05, 4.69) is 10.6 Å². The van der Waals surface area contributed by atoms with E-state index in [1.165, 1.54) is 12.1 Å². The molecule has 1 aromatic carbocycles. The predicted octanol–water partition coefficient (Wildman–Crippen LogP) is -1.68. The molecular weight excluding hydrogens is 394 g/mol. The van der Waals surface area contributed by atoms with Crippen LogP contribution in [0.15, 0.2) is 24.3 Å². The highest BCUT2D eigenvalue weighted by Gasteiger charge is 2.28. The standard InChI is InChI=1S/C19H29N5O6/c20-8-2-1-3-14(23-17(27)13(21)10-16(22)26)18(28)24-15(19(29)30)9-11-4-6-12(25)7-5-11/h4-7,13-15,25H,1-3,8-10,20-21H2,(H2,22,26)(H,23,27)(H,24,28)(H,29,30)/t13-,14-,15-/m0/s1. The number of rotatable bonds is 13. The number of phenols is 1. The van der Waals surface area contributed by atoms with Gasteiger partial charge in [-0.2, -0.15) is 0 Å². The van der Waals surface area contributed by atoms with E-state index in [-0.39, 0.29) is 25.0 Å². The first-order valence-corrected chi connectivity index (χ1v) is 9.49. The second-order valence-corrected chi connectivity index (χ2v) is 6.89. The highest BCUT2D eigenvalue weighted by atomic mass is 16.4. The summed E-state index contributed by atoms with van der Waals surface area (Å²) in [7, 11) is 0. The molecule has 11 nitrogen and oxygen atoms in total. The number of hydrogen-bond acceptors (Lipinski definition) is 7. The molecule has 0 saturated carbocycles. The van der Waals surface area contributed by atoms with Gasteiger partial charge in [0.15, 0.2) is 0 Å². The summed E-state index contributed by atoms with van der Waals surface area (Å²) in [6.07, 6.45) is 0.912. The predicted molar refractivity (Wildman–Crippen MR) is 108 cm³/mol. The monoisotopic (exact) mass is 423 g/mol. The van der Waals surface area contributed by atoms with Gasteiger partial charge >= 0.3 is 5.97 Å². The summed E-state index contributed by atoms with van der Waals surface area (Å²) in [5, 5.41) is 23.7. The fourth-order valence-corrected chi connectivity index (χ4v) is 2.69. The molecule has 3 atom stereocenters. The van der Waals surface area contributed by atoms with Crippen molar-refractivity contribution in [1.82, 2.24) is 10.6 Å². The first kappa shape index (κ1) is 24.9. The van der Waals surface area contributed by atoms with Crippen LogP contribution in [-0.2, 0) is 25.6 Å². The minimum absolute atomic E-state index is 0.0218. The number of carboxylic acid groups (broad SMARTS) is 1. The smallest absolute Gasteiger partial charge is 0.326 e. The van der Waals surface area contributed by atoms with Crippen molar-refractivity contribution in [3.63, 3.8) is 0 Å². The minimum Gasteiger partial charge on any atom is -0.508 e. The normalized spacial score (nSPS) is 13.7. The van der Waals surface area contributed by atoms with Gasteiger partial charge in [0.2, 0.25) is 17.7 Å². The molecule has 0 aromatic heterocycles. The third-order valence-electron chi connectivity index (χ3n) is 4.33. The molecule has 0 saturated heterocycles. The number of carbonyl (C=O) groups excluding carboxylic acids is 3. The van der Waals surface area contributed by atoms with Crippen LogP contribution in [0.3, 0.4) is 0 Å². The molecule has 0 aliphatic rings. The van der Waals surface area contributed by atoms with Gasteiger partial charge in [-0.15, -0.1) is 0 Å². The van der Waals surface area contributed by atoms with Crippen LogP contribution in [0.2, 0.25) is 0 Å². The lowest BCUT2D eigenvalue weighted by Crippen LogP contribution is -2.55. The molecule has 3 amide bonds. The molecular formula is C19H29N5O6. The van der Waals surface area contributed by atoms with E-state index in [1.54, 1.807) is 12.1 Å². The Morgan fingerprint density at radius 1 is 0.967 bits per heavy atom. The number of carbonyl (C=O) groups is 4. The summed E-state index contributed by atoms with van der Waals surface area (Å²) in [5.74, 6) is -3.43. The van der Waals surface area contributed by atoms with E-state index < -0.39 is 41.8 Å². The summed E-state index contributed by atoms with van der Waals surface area (Å²) < 4.78 is 0. The van der Waals surface area contributed by atoms with Crippen molar-refractivity contribution in [2.24, 2.45) is 17.2 Å². The van der Waals surface area contributed by atoms with Crippen molar-refractivity contribution in [2.75, 3.05) is 6.54 Å². The number of amides is 3. The number of nitrogens with one attached hydrogen (secondary N) is 2. The van der Waals surface area contributed by atoms with Crippen LogP contribution in [0.25, 0.3) is 0 Å². The van der Waals surface area contributed by atoms with Crippen LogP contribution < -0.4 is 27.8 Å². The van der Waals surface area contributed by atoms with Crippen molar-refractivity contribution >= 4 is 23.7 Å². The number of nitrogens with two attached hydrogens (primary N) is 3. The van der Waals surface area contributed by atoms with Gasteiger partial charge in [0.05, 0.1) is 12.5 Å². The van der Waals surface area contributed by atoms with Crippen molar-refractivity contribution in [3.8, 4) is 5.75 Å². The average molecular weight is 423 g/mol. The van der Waals surface area contributed by atoms with E-state index in [1.807, 2.05) is 0 Å². The molecule has 0 bridgehead atoms. The maximum absolute atomic E-state index is 12.7. The Bertz CT molecular complexity index is 739. The molecule has 10 N–H and O–H groups in total. The number of aromatic hydroxyl groups is 1. The summed E-state index contributed by atoms with van der Waals surface area (Å²) in [6, 6.07) is 2.37. The molecule has 0 aliphatic heterocycles. The van der Waals surface area contributed by atoms with Gasteiger partial charge in [0, 0.05) is 6.42 Å². The van der Waals surface area contributed by atoms with Crippen molar-refractivity contribution in [2.45, 2.75) is 50.2 Å². The average Bonchev–Trinajstić information content (AvgIpc) is 2.67. The van der Waals surface area contributed by atoms with E-state index in [0.717, 1.165) is 0 Å². The zero-order valence-electron chi connectivity index (χ0n) is 16.5. The quantitative estimate of drug-likeness (QED) is 0.182. The number of carboxylic acids is 1. The van der Waals surface area contributed by atoms with E-state index in [0.29, 0.717) is 24.9 Å². The molecule has 0 unspecified atom stereocenters. The molecule has 0 radical (unpaired) electrons. The Morgan fingerprint density at radius 2 is 1.57 bits per heavy atom. The second kappa shape index (κ2) is 12.4. The van der Waals surface area contributed by atoms with E-state index >= 15 is 0 Å². The lowest BCUT2D eigenvalue weighted by molar-refractivity contribution is -0.142. The van der Waals surface area contributed by atoms with Crippen LogP contribution in [0.1, 0.15) is 31.2 Å². The van der Waals surface area contributed by atoms with E-state index in [9.17, 15) is 29.4 Å². The fraction of sp³-hybridized carbons (Fsp3) is 0.474. The van der Waals surface area contributed by atoms with Crippen LogP contribution in [0.4, 0.5) is 0 Å². The van der Waals surface area contributed by atoms with Crippen LogP contribution in [0.5, 0.6) is 5.75 Å². The Morgan fingerprint density at radius 3 is 2.10 bits per heavy atom. The first-order valence-electron chi connectivity index (χ1n) is 9.49. The lowest BCUT2D eigenvalue weighted by Gasteiger charge is -2.23. The molecule has 1 aromatic rings.